The minimum atomic E-state index is -1.12. The highest BCUT2D eigenvalue weighted by Gasteiger charge is 2.20. The molecule has 8 heteroatoms. The third-order valence-corrected chi connectivity index (χ3v) is 5.30. The van der Waals surface area contributed by atoms with Gasteiger partial charge in [-0.1, -0.05) is 24.3 Å². The summed E-state index contributed by atoms with van der Waals surface area (Å²) in [5.41, 5.74) is 1.89. The van der Waals surface area contributed by atoms with Crippen molar-refractivity contribution in [1.82, 2.24) is 0 Å². The Kier molecular flexibility index (Phi) is 6.91. The summed E-state index contributed by atoms with van der Waals surface area (Å²) in [7, 11) is 0. The van der Waals surface area contributed by atoms with Crippen LogP contribution in [0.15, 0.2) is 82.0 Å². The van der Waals surface area contributed by atoms with E-state index in [9.17, 15) is 18.8 Å². The number of amides is 1. The van der Waals surface area contributed by atoms with Crippen molar-refractivity contribution in [3.8, 4) is 5.75 Å². The number of para-hydroxylation sites is 1. The zero-order valence-electron chi connectivity index (χ0n) is 19.0. The average molecular weight is 475 g/mol. The lowest BCUT2D eigenvalue weighted by atomic mass is 10.1. The summed E-state index contributed by atoms with van der Waals surface area (Å²) in [6.45, 7) is 3.46. The van der Waals surface area contributed by atoms with Crippen LogP contribution < -0.4 is 15.7 Å². The van der Waals surface area contributed by atoms with Gasteiger partial charge in [0.05, 0.1) is 11.3 Å². The van der Waals surface area contributed by atoms with Crippen molar-refractivity contribution in [3.05, 3.63) is 106 Å². The van der Waals surface area contributed by atoms with Crippen LogP contribution in [0.5, 0.6) is 5.75 Å². The third-order valence-electron chi connectivity index (χ3n) is 5.30. The number of anilines is 1. The number of halogens is 1. The molecule has 0 aliphatic rings. The lowest BCUT2D eigenvalue weighted by Gasteiger charge is -2.14. The molecule has 0 aliphatic carbocycles. The summed E-state index contributed by atoms with van der Waals surface area (Å²) in [6, 6.07) is 18.9. The minimum absolute atomic E-state index is 0.00781. The molecule has 1 aromatic heterocycles. The molecule has 4 rings (SSSR count). The van der Waals surface area contributed by atoms with E-state index in [-0.39, 0.29) is 17.9 Å². The van der Waals surface area contributed by atoms with Crippen LogP contribution in [-0.4, -0.2) is 18.0 Å². The van der Waals surface area contributed by atoms with Crippen LogP contribution in [-0.2, 0) is 16.1 Å². The first-order chi connectivity index (χ1) is 16.8. The number of hydrogen-bond donors (Lipinski definition) is 1. The Labute approximate surface area is 200 Å². The second kappa shape index (κ2) is 10.2. The largest absolute Gasteiger partial charge is 0.489 e. The zero-order chi connectivity index (χ0) is 24.9. The first kappa shape index (κ1) is 23.7. The van der Waals surface area contributed by atoms with Gasteiger partial charge >= 0.3 is 11.6 Å². The van der Waals surface area contributed by atoms with Gasteiger partial charge in [0, 0.05) is 17.5 Å². The molecule has 1 heterocycles. The van der Waals surface area contributed by atoms with Crippen molar-refractivity contribution < 1.29 is 27.9 Å². The van der Waals surface area contributed by atoms with E-state index >= 15 is 0 Å². The fourth-order valence-electron chi connectivity index (χ4n) is 3.38. The second-order valence-electron chi connectivity index (χ2n) is 7.91. The Morgan fingerprint density at radius 2 is 1.77 bits per heavy atom. The molecule has 0 radical (unpaired) electrons. The van der Waals surface area contributed by atoms with E-state index in [4.69, 9.17) is 13.9 Å². The van der Waals surface area contributed by atoms with Crippen molar-refractivity contribution in [1.29, 1.82) is 0 Å². The maximum Gasteiger partial charge on any atom is 0.338 e. The molecule has 4 aromatic rings. The van der Waals surface area contributed by atoms with Gasteiger partial charge in [0.2, 0.25) is 0 Å². The van der Waals surface area contributed by atoms with Crippen LogP contribution in [0.4, 0.5) is 10.1 Å². The minimum Gasteiger partial charge on any atom is -0.489 e. The highest BCUT2D eigenvalue weighted by atomic mass is 19.1. The molecule has 3 aromatic carbocycles. The second-order valence-corrected chi connectivity index (χ2v) is 7.91. The monoisotopic (exact) mass is 475 g/mol. The van der Waals surface area contributed by atoms with Gasteiger partial charge in [-0.3, -0.25) is 4.79 Å². The van der Waals surface area contributed by atoms with Crippen LogP contribution in [0, 0.1) is 12.7 Å². The summed E-state index contributed by atoms with van der Waals surface area (Å²) < 4.78 is 29.9. The molecular formula is C27H22FNO6. The van der Waals surface area contributed by atoms with E-state index in [0.717, 1.165) is 16.5 Å². The van der Waals surface area contributed by atoms with Crippen molar-refractivity contribution in [2.24, 2.45) is 0 Å². The lowest BCUT2D eigenvalue weighted by molar-refractivity contribution is -0.123. The third kappa shape index (κ3) is 5.73. The van der Waals surface area contributed by atoms with Gasteiger partial charge in [0.1, 0.15) is 23.8 Å². The van der Waals surface area contributed by atoms with Crippen molar-refractivity contribution in [3.63, 3.8) is 0 Å². The molecule has 7 nitrogen and oxygen atoms in total. The smallest absolute Gasteiger partial charge is 0.338 e. The Morgan fingerprint density at radius 1 is 1.03 bits per heavy atom. The highest BCUT2D eigenvalue weighted by Crippen LogP contribution is 2.23. The number of fused-ring (bicyclic) bond motifs is 1. The van der Waals surface area contributed by atoms with Gasteiger partial charge < -0.3 is 19.2 Å². The summed E-state index contributed by atoms with van der Waals surface area (Å²) in [5.74, 6) is -1.38. The number of rotatable bonds is 7. The fourth-order valence-corrected chi connectivity index (χ4v) is 3.38. The average Bonchev–Trinajstić information content (AvgIpc) is 2.84. The molecule has 0 saturated carbocycles. The van der Waals surface area contributed by atoms with Crippen LogP contribution in [0.3, 0.4) is 0 Å². The zero-order valence-corrected chi connectivity index (χ0v) is 19.0. The van der Waals surface area contributed by atoms with E-state index in [1.165, 1.54) is 31.2 Å². The van der Waals surface area contributed by atoms with Crippen molar-refractivity contribution in [2.45, 2.75) is 26.6 Å². The number of carbonyl (C=O) groups is 2. The number of aryl methyl sites for hydroxylation is 1. The van der Waals surface area contributed by atoms with E-state index in [0.29, 0.717) is 11.3 Å². The van der Waals surface area contributed by atoms with Crippen molar-refractivity contribution in [2.75, 3.05) is 5.32 Å². The first-order valence-corrected chi connectivity index (χ1v) is 10.8. The quantitative estimate of drug-likeness (QED) is 0.299. The first-order valence-electron chi connectivity index (χ1n) is 10.8. The normalized spacial score (nSPS) is 11.6. The molecule has 0 fully saturated rings. The Morgan fingerprint density at radius 3 is 2.51 bits per heavy atom. The van der Waals surface area contributed by atoms with E-state index in [1.54, 1.807) is 42.5 Å². The van der Waals surface area contributed by atoms with Crippen LogP contribution in [0.25, 0.3) is 11.0 Å². The van der Waals surface area contributed by atoms with Crippen LogP contribution in [0.2, 0.25) is 0 Å². The van der Waals surface area contributed by atoms with Crippen molar-refractivity contribution >= 4 is 28.5 Å². The number of benzene rings is 3. The summed E-state index contributed by atoms with van der Waals surface area (Å²) >= 11 is 0. The predicted octanol–water partition coefficient (Wildman–Crippen LogP) is 5.00. The molecule has 1 amide bonds. The molecule has 0 spiro atoms. The SMILES string of the molecule is Cc1cc(=O)oc2cc(OCc3ccc(C(=O)OC(C)C(=O)Nc4ccccc4F)cc3)ccc12. The molecule has 1 N–H and O–H groups in total. The molecule has 1 atom stereocenters. The summed E-state index contributed by atoms with van der Waals surface area (Å²) in [6.07, 6.45) is -1.12. The number of nitrogens with one attached hydrogen (secondary N) is 1. The van der Waals surface area contributed by atoms with Gasteiger partial charge in [-0.15, -0.1) is 0 Å². The topological polar surface area (TPSA) is 94.8 Å². The van der Waals surface area contributed by atoms with Crippen LogP contribution in [0.1, 0.15) is 28.4 Å². The van der Waals surface area contributed by atoms with Gasteiger partial charge in [-0.2, -0.15) is 0 Å². The Bertz CT molecular complexity index is 1440. The van der Waals surface area contributed by atoms with Gasteiger partial charge in [-0.25, -0.2) is 14.0 Å². The highest BCUT2D eigenvalue weighted by molar-refractivity contribution is 5.97. The van der Waals surface area contributed by atoms with Crippen LogP contribution >= 0.6 is 0 Å². The molecule has 0 bridgehead atoms. The Balaban J connectivity index is 1.34. The summed E-state index contributed by atoms with van der Waals surface area (Å²) in [4.78, 5) is 36.2. The van der Waals surface area contributed by atoms with E-state index in [1.807, 2.05) is 13.0 Å². The predicted molar refractivity (Wildman–Crippen MR) is 128 cm³/mol. The molecular weight excluding hydrogens is 453 g/mol. The van der Waals surface area contributed by atoms with E-state index in [2.05, 4.69) is 5.32 Å². The number of carbonyl (C=O) groups excluding carboxylic acids is 2. The number of ether oxygens (including phenoxy) is 2. The maximum atomic E-state index is 13.7. The molecule has 178 valence electrons. The van der Waals surface area contributed by atoms with Gasteiger partial charge in [-0.05, 0) is 61.4 Å². The molecule has 1 unspecified atom stereocenters. The van der Waals surface area contributed by atoms with E-state index < -0.39 is 29.4 Å². The summed E-state index contributed by atoms with van der Waals surface area (Å²) in [5, 5.41) is 3.22. The number of hydrogen-bond acceptors (Lipinski definition) is 6. The molecule has 0 aliphatic heterocycles. The van der Waals surface area contributed by atoms with Gasteiger partial charge in [0.25, 0.3) is 5.91 Å². The standard InChI is InChI=1S/C27H22FNO6/c1-16-13-25(30)35-24-14-20(11-12-21(16)24)33-15-18-7-9-19(10-8-18)27(32)34-17(2)26(31)29-23-6-4-3-5-22(23)28/h3-14,17H,15H2,1-2H3,(H,29,31). The number of esters is 1. The van der Waals surface area contributed by atoms with Gasteiger partial charge in [0.15, 0.2) is 6.10 Å². The lowest BCUT2D eigenvalue weighted by Crippen LogP contribution is -2.30. The fraction of sp³-hybridized carbons (Fsp3) is 0.148. The molecule has 0 saturated heterocycles. The Hall–Kier alpha value is -4.46. The maximum absolute atomic E-state index is 13.7. The molecule has 35 heavy (non-hydrogen) atoms.